The Hall–Kier alpha value is -0.410. The monoisotopic (exact) mass is 241 g/mol. The molecule has 0 unspecified atom stereocenters. The van der Waals surface area contributed by atoms with E-state index < -0.39 is 0 Å². The molecule has 1 aliphatic rings. The second-order valence-corrected chi connectivity index (χ2v) is 5.22. The molecule has 0 aliphatic carbocycles. The quantitative estimate of drug-likeness (QED) is 0.686. The summed E-state index contributed by atoms with van der Waals surface area (Å²) in [6, 6.07) is 0. The summed E-state index contributed by atoms with van der Waals surface area (Å²) in [6.45, 7) is 10.6. The van der Waals surface area contributed by atoms with E-state index in [1.165, 1.54) is 12.8 Å². The number of ether oxygens (including phenoxy) is 1. The van der Waals surface area contributed by atoms with Gasteiger partial charge in [-0.3, -0.25) is 9.69 Å². The van der Waals surface area contributed by atoms with E-state index in [4.69, 9.17) is 4.74 Å². The van der Waals surface area contributed by atoms with Gasteiger partial charge in [0.1, 0.15) is 6.61 Å². The Morgan fingerprint density at radius 3 is 2.18 bits per heavy atom. The lowest BCUT2D eigenvalue weighted by molar-refractivity contribution is -0.137. The second kappa shape index (κ2) is 6.50. The van der Waals surface area contributed by atoms with Crippen LogP contribution < -0.4 is 0 Å². The van der Waals surface area contributed by atoms with Crippen LogP contribution in [0.2, 0.25) is 0 Å². The summed E-state index contributed by atoms with van der Waals surface area (Å²) in [5.41, 5.74) is -0.272. The summed E-state index contributed by atoms with van der Waals surface area (Å²) < 4.78 is 5.50. The Kier molecular flexibility index (Phi) is 5.60. The van der Waals surface area contributed by atoms with Gasteiger partial charge in [-0.15, -0.1) is 0 Å². The van der Waals surface area contributed by atoms with Crippen molar-refractivity contribution in [1.82, 2.24) is 4.90 Å². The number of hydrogen-bond donors (Lipinski definition) is 0. The van der Waals surface area contributed by atoms with E-state index in [0.29, 0.717) is 0 Å². The number of carbonyl (C=O) groups excluding carboxylic acids is 1. The highest BCUT2D eigenvalue weighted by atomic mass is 16.5. The minimum absolute atomic E-state index is 0.129. The highest BCUT2D eigenvalue weighted by molar-refractivity contribution is 5.89. The van der Waals surface area contributed by atoms with Gasteiger partial charge in [0.15, 0.2) is 5.78 Å². The average molecular weight is 241 g/mol. The molecule has 0 spiro atoms. The van der Waals surface area contributed by atoms with Gasteiger partial charge in [-0.05, 0) is 52.6 Å². The number of carbonyl (C=O) groups is 1. The van der Waals surface area contributed by atoms with Crippen molar-refractivity contribution in [2.45, 2.75) is 65.0 Å². The third-order valence-electron chi connectivity index (χ3n) is 3.95. The van der Waals surface area contributed by atoms with Gasteiger partial charge in [-0.25, -0.2) is 0 Å². The van der Waals surface area contributed by atoms with Crippen molar-refractivity contribution in [3.8, 4) is 0 Å². The largest absolute Gasteiger partial charge is 0.371 e. The molecular formula is C14H27NO2. The van der Waals surface area contributed by atoms with Crippen LogP contribution in [-0.4, -0.2) is 42.0 Å². The summed E-state index contributed by atoms with van der Waals surface area (Å²) >= 11 is 0. The van der Waals surface area contributed by atoms with E-state index in [0.717, 1.165) is 25.9 Å². The molecule has 0 aromatic heterocycles. The minimum atomic E-state index is -0.272. The summed E-state index contributed by atoms with van der Waals surface area (Å²) in [5.74, 6) is 0.262. The van der Waals surface area contributed by atoms with Crippen LogP contribution in [0.5, 0.6) is 0 Å². The maximum Gasteiger partial charge on any atom is 0.178 e. The normalized spacial score (nSPS) is 17.9. The van der Waals surface area contributed by atoms with Crippen LogP contribution in [0.15, 0.2) is 0 Å². The van der Waals surface area contributed by atoms with E-state index >= 15 is 0 Å². The van der Waals surface area contributed by atoms with Crippen LogP contribution in [0.3, 0.4) is 0 Å². The summed E-state index contributed by atoms with van der Waals surface area (Å²) in [6.07, 6.45) is 4.36. The molecule has 1 heterocycles. The molecule has 3 nitrogen and oxygen atoms in total. The zero-order valence-electron chi connectivity index (χ0n) is 11.8. The summed E-state index contributed by atoms with van der Waals surface area (Å²) in [4.78, 5) is 14.8. The number of rotatable bonds is 7. The van der Waals surface area contributed by atoms with Crippen molar-refractivity contribution in [3.63, 3.8) is 0 Å². The van der Waals surface area contributed by atoms with Crippen molar-refractivity contribution < 1.29 is 9.53 Å². The molecule has 0 atom stereocenters. The Labute approximate surface area is 106 Å². The first-order valence-electron chi connectivity index (χ1n) is 6.96. The number of hydrogen-bond acceptors (Lipinski definition) is 3. The lowest BCUT2D eigenvalue weighted by Crippen LogP contribution is -2.54. The molecule has 0 saturated carbocycles. The predicted molar refractivity (Wildman–Crippen MR) is 70.2 cm³/mol. The summed E-state index contributed by atoms with van der Waals surface area (Å²) in [7, 11) is 0. The van der Waals surface area contributed by atoms with E-state index in [-0.39, 0.29) is 24.0 Å². The number of likely N-dealkylation sites (tertiary alicyclic amines) is 1. The van der Waals surface area contributed by atoms with Crippen molar-refractivity contribution in [2.24, 2.45) is 0 Å². The molecule has 1 saturated heterocycles. The van der Waals surface area contributed by atoms with E-state index in [2.05, 4.69) is 18.7 Å². The lowest BCUT2D eigenvalue weighted by atomic mass is 9.86. The lowest BCUT2D eigenvalue weighted by Gasteiger charge is -2.39. The number of Topliss-reactive ketones (excluding diaryl/α,β-unsaturated/α-hetero) is 1. The molecule has 0 N–H and O–H groups in total. The van der Waals surface area contributed by atoms with Gasteiger partial charge < -0.3 is 4.74 Å². The molecular weight excluding hydrogens is 214 g/mol. The van der Waals surface area contributed by atoms with Crippen molar-refractivity contribution >= 4 is 5.78 Å². The maximum absolute atomic E-state index is 12.5. The zero-order chi connectivity index (χ0) is 12.9. The van der Waals surface area contributed by atoms with Gasteiger partial charge in [0, 0.05) is 0 Å². The highest BCUT2D eigenvalue weighted by Crippen LogP contribution is 2.29. The maximum atomic E-state index is 12.5. The Balaban J connectivity index is 2.71. The van der Waals surface area contributed by atoms with Gasteiger partial charge in [-0.2, -0.15) is 0 Å². The zero-order valence-corrected chi connectivity index (χ0v) is 11.8. The molecule has 17 heavy (non-hydrogen) atoms. The van der Waals surface area contributed by atoms with Crippen LogP contribution in [0.4, 0.5) is 0 Å². The topological polar surface area (TPSA) is 29.5 Å². The molecule has 1 aliphatic heterocycles. The van der Waals surface area contributed by atoms with Gasteiger partial charge in [0.05, 0.1) is 11.6 Å². The molecule has 3 heteroatoms. The molecule has 1 fully saturated rings. The molecule has 0 amide bonds. The minimum Gasteiger partial charge on any atom is -0.371 e. The van der Waals surface area contributed by atoms with Gasteiger partial charge in [0.2, 0.25) is 0 Å². The van der Waals surface area contributed by atoms with Crippen molar-refractivity contribution in [1.29, 1.82) is 0 Å². The fourth-order valence-electron chi connectivity index (χ4n) is 2.79. The first kappa shape index (κ1) is 14.7. The molecule has 1 rings (SSSR count). The Morgan fingerprint density at radius 1 is 1.24 bits per heavy atom. The van der Waals surface area contributed by atoms with E-state index in [1.807, 2.05) is 13.8 Å². The van der Waals surface area contributed by atoms with Crippen LogP contribution >= 0.6 is 0 Å². The van der Waals surface area contributed by atoms with Gasteiger partial charge in [0.25, 0.3) is 0 Å². The van der Waals surface area contributed by atoms with E-state index in [1.54, 1.807) is 0 Å². The number of ketones is 1. The van der Waals surface area contributed by atoms with Crippen LogP contribution in [0, 0.1) is 0 Å². The predicted octanol–water partition coefficient (Wildman–Crippen LogP) is 2.64. The van der Waals surface area contributed by atoms with Gasteiger partial charge >= 0.3 is 0 Å². The summed E-state index contributed by atoms with van der Waals surface area (Å²) in [5, 5.41) is 0. The third-order valence-corrected chi connectivity index (χ3v) is 3.95. The SMILES string of the molecule is CCC(CC)(C(=O)COC(C)C)N1CCCC1. The molecule has 0 aromatic carbocycles. The number of nitrogens with zero attached hydrogens (tertiary/aromatic N) is 1. The fourth-order valence-corrected chi connectivity index (χ4v) is 2.79. The second-order valence-electron chi connectivity index (χ2n) is 5.22. The van der Waals surface area contributed by atoms with Crippen LogP contribution in [0.25, 0.3) is 0 Å². The first-order chi connectivity index (χ1) is 8.06. The Morgan fingerprint density at radius 2 is 1.76 bits per heavy atom. The third kappa shape index (κ3) is 3.29. The average Bonchev–Trinajstić information content (AvgIpc) is 2.83. The molecule has 100 valence electrons. The van der Waals surface area contributed by atoms with Gasteiger partial charge in [-0.1, -0.05) is 13.8 Å². The highest BCUT2D eigenvalue weighted by Gasteiger charge is 2.41. The fraction of sp³-hybridized carbons (Fsp3) is 0.929. The molecule has 0 aromatic rings. The molecule has 0 radical (unpaired) electrons. The van der Waals surface area contributed by atoms with Crippen molar-refractivity contribution in [2.75, 3.05) is 19.7 Å². The van der Waals surface area contributed by atoms with Crippen LogP contribution in [-0.2, 0) is 9.53 Å². The molecule has 0 bridgehead atoms. The Bertz CT molecular complexity index is 241. The van der Waals surface area contributed by atoms with E-state index in [9.17, 15) is 4.79 Å². The standard InChI is InChI=1S/C14H27NO2/c1-5-14(6-2,15-9-7-8-10-15)13(16)11-17-12(3)4/h12H,5-11H2,1-4H3. The van der Waals surface area contributed by atoms with Crippen molar-refractivity contribution in [3.05, 3.63) is 0 Å². The van der Waals surface area contributed by atoms with Crippen LogP contribution in [0.1, 0.15) is 53.4 Å². The first-order valence-corrected chi connectivity index (χ1v) is 6.96. The smallest absolute Gasteiger partial charge is 0.178 e.